The van der Waals surface area contributed by atoms with Gasteiger partial charge in [-0.15, -0.1) is 0 Å². The first-order chi connectivity index (χ1) is 18.3. The molecule has 204 valence electrons. The van der Waals surface area contributed by atoms with Gasteiger partial charge in [-0.1, -0.05) is 46.8 Å². The van der Waals surface area contributed by atoms with Crippen molar-refractivity contribution in [3.8, 4) is 11.5 Å². The maximum absolute atomic E-state index is 12.2. The predicted octanol–water partition coefficient (Wildman–Crippen LogP) is 6.06. The standard InChI is InChI=1S/C30H33N3O6/c1-29(2,3)20-30(4,5)23-10-16-25(17-11-23)38-19-27(34)32-31-18-21-6-14-26(15-7-21)39-28(35)22-8-12-24(13-9-22)33(36)37/h6-18H,19-20H2,1-5H3,(H,32,34). The molecule has 0 heterocycles. The van der Waals surface area contributed by atoms with Crippen molar-refractivity contribution in [2.24, 2.45) is 10.5 Å². The second-order valence-electron chi connectivity index (χ2n) is 11.0. The Labute approximate surface area is 228 Å². The summed E-state index contributed by atoms with van der Waals surface area (Å²) < 4.78 is 10.9. The van der Waals surface area contributed by atoms with Gasteiger partial charge in [-0.25, -0.2) is 10.2 Å². The van der Waals surface area contributed by atoms with E-state index >= 15 is 0 Å². The summed E-state index contributed by atoms with van der Waals surface area (Å²) in [6.07, 6.45) is 2.49. The first kappa shape index (κ1) is 29.0. The number of carbonyl (C=O) groups excluding carboxylic acids is 2. The fourth-order valence-corrected chi connectivity index (χ4v) is 4.30. The molecule has 0 aromatic heterocycles. The van der Waals surface area contributed by atoms with Gasteiger partial charge < -0.3 is 9.47 Å². The lowest BCUT2D eigenvalue weighted by Gasteiger charge is -2.33. The summed E-state index contributed by atoms with van der Waals surface area (Å²) in [4.78, 5) is 34.5. The van der Waals surface area contributed by atoms with E-state index in [1.54, 1.807) is 24.3 Å². The fraction of sp³-hybridized carbons (Fsp3) is 0.300. The molecule has 3 rings (SSSR count). The number of non-ortho nitro benzene ring substituents is 1. The molecule has 0 fully saturated rings. The van der Waals surface area contributed by atoms with Gasteiger partial charge in [0.05, 0.1) is 16.7 Å². The highest BCUT2D eigenvalue weighted by Crippen LogP contribution is 2.36. The van der Waals surface area contributed by atoms with Crippen LogP contribution in [0.1, 0.15) is 62.5 Å². The molecule has 39 heavy (non-hydrogen) atoms. The predicted molar refractivity (Wildman–Crippen MR) is 149 cm³/mol. The molecule has 0 atom stereocenters. The molecule has 0 aliphatic rings. The van der Waals surface area contributed by atoms with Crippen LogP contribution < -0.4 is 14.9 Å². The van der Waals surface area contributed by atoms with Crippen molar-refractivity contribution in [3.63, 3.8) is 0 Å². The second kappa shape index (κ2) is 12.3. The number of nitro benzene ring substituents is 1. The topological polar surface area (TPSA) is 120 Å². The zero-order valence-corrected chi connectivity index (χ0v) is 22.8. The number of nitro groups is 1. The smallest absolute Gasteiger partial charge is 0.343 e. The second-order valence-corrected chi connectivity index (χ2v) is 11.0. The number of nitrogens with one attached hydrogen (secondary N) is 1. The molecular weight excluding hydrogens is 498 g/mol. The number of hydrogen-bond donors (Lipinski definition) is 1. The van der Waals surface area contributed by atoms with Crippen molar-refractivity contribution >= 4 is 23.8 Å². The number of esters is 1. The monoisotopic (exact) mass is 531 g/mol. The summed E-state index contributed by atoms with van der Waals surface area (Å²) in [6.45, 7) is 11.0. The number of carbonyl (C=O) groups is 2. The largest absolute Gasteiger partial charge is 0.484 e. The number of hydrazone groups is 1. The molecule has 0 radical (unpaired) electrons. The molecule has 0 saturated carbocycles. The summed E-state index contributed by atoms with van der Waals surface area (Å²) in [6, 6.07) is 19.4. The minimum absolute atomic E-state index is 0.0237. The Bertz CT molecular complexity index is 1320. The van der Waals surface area contributed by atoms with E-state index in [1.165, 1.54) is 36.0 Å². The van der Waals surface area contributed by atoms with E-state index in [0.29, 0.717) is 17.1 Å². The van der Waals surface area contributed by atoms with Crippen LogP contribution in [0.3, 0.4) is 0 Å². The van der Waals surface area contributed by atoms with Gasteiger partial charge in [-0.2, -0.15) is 5.10 Å². The summed E-state index contributed by atoms with van der Waals surface area (Å²) in [5.74, 6) is -0.150. The summed E-state index contributed by atoms with van der Waals surface area (Å²) >= 11 is 0. The Kier molecular flexibility index (Phi) is 9.19. The Morgan fingerprint density at radius 2 is 1.49 bits per heavy atom. The zero-order valence-electron chi connectivity index (χ0n) is 22.8. The Balaban J connectivity index is 1.45. The SMILES string of the molecule is CC(C)(C)CC(C)(C)c1ccc(OCC(=O)NN=Cc2ccc(OC(=O)c3ccc([N+](=O)[O-])cc3)cc2)cc1. The van der Waals surface area contributed by atoms with Gasteiger partial charge in [0.1, 0.15) is 11.5 Å². The molecule has 0 unspecified atom stereocenters. The third-order valence-corrected chi connectivity index (χ3v) is 5.79. The highest BCUT2D eigenvalue weighted by atomic mass is 16.6. The van der Waals surface area contributed by atoms with Gasteiger partial charge in [-0.05, 0) is 76.9 Å². The van der Waals surface area contributed by atoms with Gasteiger partial charge in [0.2, 0.25) is 0 Å². The molecule has 3 aromatic rings. The maximum Gasteiger partial charge on any atom is 0.343 e. The first-order valence-corrected chi connectivity index (χ1v) is 12.4. The highest BCUT2D eigenvalue weighted by molar-refractivity contribution is 5.91. The summed E-state index contributed by atoms with van der Waals surface area (Å²) in [5.41, 5.74) is 4.61. The quantitative estimate of drug-likeness (QED) is 0.112. The average molecular weight is 532 g/mol. The molecule has 0 aliphatic heterocycles. The minimum Gasteiger partial charge on any atom is -0.484 e. The van der Waals surface area contributed by atoms with Crippen molar-refractivity contribution in [3.05, 3.63) is 99.6 Å². The van der Waals surface area contributed by atoms with Crippen molar-refractivity contribution in [2.45, 2.75) is 46.5 Å². The lowest BCUT2D eigenvalue weighted by atomic mass is 9.72. The lowest BCUT2D eigenvalue weighted by Crippen LogP contribution is -2.25. The molecule has 0 spiro atoms. The number of rotatable bonds is 10. The average Bonchev–Trinajstić information content (AvgIpc) is 2.87. The van der Waals surface area contributed by atoms with Gasteiger partial charge in [0.15, 0.2) is 6.61 Å². The molecule has 9 heteroatoms. The normalized spacial score (nSPS) is 11.7. The zero-order chi connectivity index (χ0) is 28.6. The fourth-order valence-electron chi connectivity index (χ4n) is 4.30. The van der Waals surface area contributed by atoms with Crippen molar-refractivity contribution in [2.75, 3.05) is 6.61 Å². The van der Waals surface area contributed by atoms with E-state index in [1.807, 2.05) is 24.3 Å². The van der Waals surface area contributed by atoms with Crippen molar-refractivity contribution in [1.29, 1.82) is 0 Å². The first-order valence-electron chi connectivity index (χ1n) is 12.4. The third kappa shape index (κ3) is 9.07. The molecule has 1 N–H and O–H groups in total. The number of hydrogen-bond acceptors (Lipinski definition) is 7. The molecule has 0 aliphatic carbocycles. The van der Waals surface area contributed by atoms with Crippen LogP contribution in [0.25, 0.3) is 0 Å². The van der Waals surface area contributed by atoms with Crippen LogP contribution in [0.15, 0.2) is 77.9 Å². The Morgan fingerprint density at radius 1 is 0.897 bits per heavy atom. The molecule has 3 aromatic carbocycles. The van der Waals surface area contributed by atoms with Crippen LogP contribution in [0.2, 0.25) is 0 Å². The van der Waals surface area contributed by atoms with Crippen molar-refractivity contribution < 1.29 is 24.0 Å². The van der Waals surface area contributed by atoms with E-state index in [-0.39, 0.29) is 28.7 Å². The van der Waals surface area contributed by atoms with Gasteiger partial charge in [0.25, 0.3) is 11.6 Å². The maximum atomic E-state index is 12.2. The number of amides is 1. The Hall–Kier alpha value is -4.53. The number of nitrogens with zero attached hydrogens (tertiary/aromatic N) is 2. The number of benzene rings is 3. The van der Waals surface area contributed by atoms with Gasteiger partial charge in [0, 0.05) is 12.1 Å². The van der Waals surface area contributed by atoms with Gasteiger partial charge >= 0.3 is 5.97 Å². The minimum atomic E-state index is -0.637. The molecule has 0 bridgehead atoms. The van der Waals surface area contributed by atoms with Crippen LogP contribution in [0.4, 0.5) is 5.69 Å². The highest BCUT2D eigenvalue weighted by Gasteiger charge is 2.27. The van der Waals surface area contributed by atoms with Crippen LogP contribution in [0.5, 0.6) is 11.5 Å². The van der Waals surface area contributed by atoms with E-state index in [4.69, 9.17) is 9.47 Å². The Morgan fingerprint density at radius 3 is 2.05 bits per heavy atom. The van der Waals surface area contributed by atoms with E-state index in [2.05, 4.69) is 45.1 Å². The van der Waals surface area contributed by atoms with Crippen LogP contribution in [-0.4, -0.2) is 29.6 Å². The van der Waals surface area contributed by atoms with E-state index in [9.17, 15) is 19.7 Å². The lowest BCUT2D eigenvalue weighted by molar-refractivity contribution is -0.384. The summed E-state index contributed by atoms with van der Waals surface area (Å²) in [5, 5.41) is 14.7. The van der Waals surface area contributed by atoms with E-state index < -0.39 is 16.8 Å². The van der Waals surface area contributed by atoms with Gasteiger partial charge in [-0.3, -0.25) is 14.9 Å². The van der Waals surface area contributed by atoms with Crippen molar-refractivity contribution in [1.82, 2.24) is 5.43 Å². The number of ether oxygens (including phenoxy) is 2. The van der Waals surface area contributed by atoms with Crippen LogP contribution in [-0.2, 0) is 10.2 Å². The molecule has 9 nitrogen and oxygen atoms in total. The third-order valence-electron chi connectivity index (χ3n) is 5.79. The molecular formula is C30H33N3O6. The van der Waals surface area contributed by atoms with Crippen LogP contribution >= 0.6 is 0 Å². The summed E-state index contributed by atoms with van der Waals surface area (Å²) in [7, 11) is 0. The molecule has 0 saturated heterocycles. The van der Waals surface area contributed by atoms with Crippen LogP contribution in [0, 0.1) is 15.5 Å². The van der Waals surface area contributed by atoms with E-state index in [0.717, 1.165) is 6.42 Å². The molecule has 1 amide bonds.